The molecule has 0 spiro atoms. The number of carboxylic acids is 1. The van der Waals surface area contributed by atoms with E-state index in [4.69, 9.17) is 9.66 Å². The molecule has 0 heterocycles. The van der Waals surface area contributed by atoms with Gasteiger partial charge in [0.05, 0.1) is 6.42 Å². The molecule has 0 aliphatic heterocycles. The highest BCUT2D eigenvalue weighted by molar-refractivity contribution is 7.85. The van der Waals surface area contributed by atoms with Crippen LogP contribution in [0.4, 0.5) is 5.69 Å². The fourth-order valence-electron chi connectivity index (χ4n) is 1.61. The lowest BCUT2D eigenvalue weighted by atomic mass is 10.1. The van der Waals surface area contributed by atoms with Gasteiger partial charge in [0.25, 0.3) is 10.1 Å². The van der Waals surface area contributed by atoms with E-state index >= 15 is 0 Å². The molecule has 0 fully saturated rings. The molecular formula is C12H16N2O6S. The third kappa shape index (κ3) is 6.23. The second-order valence-electron chi connectivity index (χ2n) is 4.33. The van der Waals surface area contributed by atoms with E-state index < -0.39 is 33.8 Å². The minimum Gasteiger partial charge on any atom is -0.480 e. The molecule has 0 radical (unpaired) electrons. The van der Waals surface area contributed by atoms with Crippen molar-refractivity contribution in [2.45, 2.75) is 12.5 Å². The van der Waals surface area contributed by atoms with Gasteiger partial charge in [-0.25, -0.2) is 4.79 Å². The number of anilines is 1. The maximum Gasteiger partial charge on any atom is 0.327 e. The summed E-state index contributed by atoms with van der Waals surface area (Å²) in [6, 6.07) is 5.17. The summed E-state index contributed by atoms with van der Waals surface area (Å²) >= 11 is 0. The average molecular weight is 316 g/mol. The normalized spacial score (nSPS) is 12.5. The number of rotatable bonds is 7. The summed E-state index contributed by atoms with van der Waals surface area (Å²) < 4.78 is 30.0. The summed E-state index contributed by atoms with van der Waals surface area (Å²) in [6.07, 6.45) is -0.0980. The summed E-state index contributed by atoms with van der Waals surface area (Å²) in [5.41, 5.74) is 1.50. The average Bonchev–Trinajstić information content (AvgIpc) is 2.37. The van der Waals surface area contributed by atoms with Crippen LogP contribution in [0, 0.1) is 0 Å². The van der Waals surface area contributed by atoms with E-state index in [1.807, 2.05) is 0 Å². The molecule has 0 saturated heterocycles. The van der Waals surface area contributed by atoms with Crippen molar-refractivity contribution in [1.29, 1.82) is 0 Å². The summed E-state index contributed by atoms with van der Waals surface area (Å²) in [4.78, 5) is 22.6. The fraction of sp³-hybridized carbons (Fsp3) is 0.333. The van der Waals surface area contributed by atoms with Crippen LogP contribution in [0.3, 0.4) is 0 Å². The van der Waals surface area contributed by atoms with Crippen LogP contribution < -0.4 is 10.6 Å². The zero-order chi connectivity index (χ0) is 16.0. The maximum absolute atomic E-state index is 11.7. The van der Waals surface area contributed by atoms with Gasteiger partial charge in [-0.05, 0) is 17.7 Å². The number of carboxylic acid groups (broad SMARTS) is 1. The molecule has 0 aromatic heterocycles. The maximum atomic E-state index is 11.7. The zero-order valence-corrected chi connectivity index (χ0v) is 12.1. The highest BCUT2D eigenvalue weighted by atomic mass is 32.2. The van der Waals surface area contributed by atoms with Crippen LogP contribution in [-0.4, -0.2) is 48.8 Å². The molecule has 1 unspecified atom stereocenters. The molecule has 1 amide bonds. The van der Waals surface area contributed by atoms with Crippen molar-refractivity contribution in [3.63, 3.8) is 0 Å². The number of benzene rings is 1. The van der Waals surface area contributed by atoms with Crippen molar-refractivity contribution in [2.24, 2.45) is 0 Å². The van der Waals surface area contributed by atoms with Crippen LogP contribution in [0.5, 0.6) is 0 Å². The largest absolute Gasteiger partial charge is 0.480 e. The van der Waals surface area contributed by atoms with Gasteiger partial charge in [0.1, 0.15) is 11.8 Å². The third-order valence-electron chi connectivity index (χ3n) is 2.62. The number of nitrogens with one attached hydrogen (secondary N) is 2. The molecule has 0 bridgehead atoms. The Morgan fingerprint density at radius 1 is 1.24 bits per heavy atom. The molecule has 0 saturated carbocycles. The summed E-state index contributed by atoms with van der Waals surface area (Å²) in [7, 11) is -2.76. The monoisotopic (exact) mass is 316 g/mol. The Kier molecular flexibility index (Phi) is 5.68. The third-order valence-corrected chi connectivity index (χ3v) is 3.37. The SMILES string of the molecule is CNc1ccc(CC(=O)NC(CS(=O)(=O)O)C(=O)O)cc1. The Balaban J connectivity index is 2.67. The predicted octanol–water partition coefficient (Wildman–Crippen LogP) is -0.272. The van der Waals surface area contributed by atoms with Gasteiger partial charge >= 0.3 is 5.97 Å². The molecule has 0 aliphatic rings. The number of carbonyl (C=O) groups excluding carboxylic acids is 1. The van der Waals surface area contributed by atoms with Crippen LogP contribution in [0.2, 0.25) is 0 Å². The Hall–Kier alpha value is -2.13. The van der Waals surface area contributed by atoms with Gasteiger partial charge in [-0.15, -0.1) is 0 Å². The first kappa shape index (κ1) is 16.9. The van der Waals surface area contributed by atoms with Crippen LogP contribution in [0.15, 0.2) is 24.3 Å². The lowest BCUT2D eigenvalue weighted by Gasteiger charge is -2.13. The van der Waals surface area contributed by atoms with E-state index in [0.717, 1.165) is 5.69 Å². The first-order chi connectivity index (χ1) is 9.71. The Morgan fingerprint density at radius 3 is 2.24 bits per heavy atom. The Morgan fingerprint density at radius 2 is 1.81 bits per heavy atom. The summed E-state index contributed by atoms with van der Waals surface area (Å²) in [6.45, 7) is 0. The van der Waals surface area contributed by atoms with Gasteiger partial charge in [-0.3, -0.25) is 9.35 Å². The lowest BCUT2D eigenvalue weighted by molar-refractivity contribution is -0.141. The molecule has 4 N–H and O–H groups in total. The van der Waals surface area contributed by atoms with E-state index in [1.165, 1.54) is 0 Å². The number of carbonyl (C=O) groups is 2. The molecule has 1 aromatic carbocycles. The van der Waals surface area contributed by atoms with E-state index in [-0.39, 0.29) is 6.42 Å². The van der Waals surface area contributed by atoms with Crippen molar-refractivity contribution in [3.8, 4) is 0 Å². The first-order valence-corrected chi connectivity index (χ1v) is 7.56. The topological polar surface area (TPSA) is 133 Å². The second kappa shape index (κ2) is 7.04. The number of amides is 1. The van der Waals surface area contributed by atoms with Gasteiger partial charge in [0.15, 0.2) is 0 Å². The van der Waals surface area contributed by atoms with E-state index in [2.05, 4.69) is 10.6 Å². The van der Waals surface area contributed by atoms with Crippen LogP contribution in [0.1, 0.15) is 5.56 Å². The molecule has 1 atom stereocenters. The number of hydrogen-bond acceptors (Lipinski definition) is 5. The van der Waals surface area contributed by atoms with Gasteiger partial charge in [0.2, 0.25) is 5.91 Å². The van der Waals surface area contributed by atoms with E-state index in [9.17, 15) is 18.0 Å². The van der Waals surface area contributed by atoms with Crippen LogP contribution >= 0.6 is 0 Å². The molecule has 8 nitrogen and oxygen atoms in total. The minimum absolute atomic E-state index is 0.0980. The minimum atomic E-state index is -4.50. The van der Waals surface area contributed by atoms with Crippen molar-refractivity contribution in [2.75, 3.05) is 18.1 Å². The number of aliphatic carboxylic acids is 1. The van der Waals surface area contributed by atoms with Crippen molar-refractivity contribution >= 4 is 27.7 Å². The molecule has 0 aliphatic carbocycles. The second-order valence-corrected chi connectivity index (χ2v) is 5.83. The summed E-state index contributed by atoms with van der Waals surface area (Å²) in [5.74, 6) is -3.26. The van der Waals surface area contributed by atoms with Crippen LogP contribution in [0.25, 0.3) is 0 Å². The molecule has 116 valence electrons. The first-order valence-electron chi connectivity index (χ1n) is 5.95. The van der Waals surface area contributed by atoms with Gasteiger partial charge in [0, 0.05) is 12.7 Å². The van der Waals surface area contributed by atoms with Crippen molar-refractivity contribution < 1.29 is 27.7 Å². The highest BCUT2D eigenvalue weighted by Crippen LogP contribution is 2.09. The lowest BCUT2D eigenvalue weighted by Crippen LogP contribution is -2.45. The fourth-order valence-corrected chi connectivity index (χ4v) is 2.25. The Labute approximate surface area is 121 Å². The van der Waals surface area contributed by atoms with Crippen LogP contribution in [-0.2, 0) is 26.1 Å². The molecular weight excluding hydrogens is 300 g/mol. The molecule has 1 aromatic rings. The molecule has 1 rings (SSSR count). The Bertz CT molecular complexity index is 611. The standard InChI is InChI=1S/C12H16N2O6S/c1-13-9-4-2-8(3-5-9)6-11(15)14-10(12(16)17)7-21(18,19)20/h2-5,10,13H,6-7H2,1H3,(H,14,15)(H,16,17)(H,18,19,20). The molecule has 21 heavy (non-hydrogen) atoms. The van der Waals surface area contributed by atoms with E-state index in [0.29, 0.717) is 5.56 Å². The van der Waals surface area contributed by atoms with Crippen molar-refractivity contribution in [1.82, 2.24) is 5.32 Å². The zero-order valence-electron chi connectivity index (χ0n) is 11.2. The van der Waals surface area contributed by atoms with E-state index in [1.54, 1.807) is 31.3 Å². The molecule has 9 heteroatoms. The van der Waals surface area contributed by atoms with Gasteiger partial charge in [-0.2, -0.15) is 8.42 Å². The number of hydrogen-bond donors (Lipinski definition) is 4. The van der Waals surface area contributed by atoms with Crippen molar-refractivity contribution in [3.05, 3.63) is 29.8 Å². The quantitative estimate of drug-likeness (QED) is 0.509. The smallest absolute Gasteiger partial charge is 0.327 e. The highest BCUT2D eigenvalue weighted by Gasteiger charge is 2.25. The summed E-state index contributed by atoms with van der Waals surface area (Å²) in [5, 5.41) is 13.8. The predicted molar refractivity (Wildman–Crippen MR) is 75.7 cm³/mol. The van der Waals surface area contributed by atoms with Gasteiger partial charge in [-0.1, -0.05) is 12.1 Å². The van der Waals surface area contributed by atoms with Gasteiger partial charge < -0.3 is 15.7 Å².